The van der Waals surface area contributed by atoms with Gasteiger partial charge < -0.3 is 10.6 Å². The van der Waals surface area contributed by atoms with Crippen molar-refractivity contribution >= 4 is 34.0 Å². The molecule has 0 heterocycles. The van der Waals surface area contributed by atoms with Gasteiger partial charge in [-0.3, -0.25) is 9.59 Å². The van der Waals surface area contributed by atoms with Crippen molar-refractivity contribution in [2.45, 2.75) is 38.5 Å². The van der Waals surface area contributed by atoms with Crippen LogP contribution in [0.15, 0.2) is 97.1 Å². The third-order valence-corrected chi connectivity index (χ3v) is 6.23. The van der Waals surface area contributed by atoms with Gasteiger partial charge in [-0.05, 0) is 59.0 Å². The number of anilines is 2. The Morgan fingerprint density at radius 1 is 0.588 bits per heavy atom. The minimum atomic E-state index is -0.202. The number of hydrogen-bond donors (Lipinski definition) is 2. The van der Waals surface area contributed by atoms with E-state index < -0.39 is 0 Å². The van der Waals surface area contributed by atoms with Crippen LogP contribution >= 0.6 is 0 Å². The molecule has 2 atom stereocenters. The van der Waals surface area contributed by atoms with Crippen molar-refractivity contribution in [1.82, 2.24) is 0 Å². The van der Waals surface area contributed by atoms with E-state index in [-0.39, 0.29) is 23.7 Å². The van der Waals surface area contributed by atoms with Gasteiger partial charge in [-0.25, -0.2) is 0 Å². The summed E-state index contributed by atoms with van der Waals surface area (Å²) in [6.07, 6.45) is 1.44. The summed E-state index contributed by atoms with van der Waals surface area (Å²) in [7, 11) is 0. The van der Waals surface area contributed by atoms with E-state index in [2.05, 4.69) is 10.6 Å². The summed E-state index contributed by atoms with van der Waals surface area (Å²) in [5, 5.41) is 8.13. The molecule has 4 aromatic carbocycles. The second-order valence-corrected chi connectivity index (χ2v) is 8.50. The van der Waals surface area contributed by atoms with E-state index in [4.69, 9.17) is 0 Å². The summed E-state index contributed by atoms with van der Waals surface area (Å²) in [5.41, 5.74) is 3.51. The molecule has 0 fully saturated rings. The van der Waals surface area contributed by atoms with Crippen molar-refractivity contribution in [3.05, 3.63) is 108 Å². The molecule has 0 aromatic heterocycles. The van der Waals surface area contributed by atoms with Crippen LogP contribution in [-0.2, 0) is 9.59 Å². The molecule has 0 aliphatic carbocycles. The molecular formula is C30H30N2O2. The second-order valence-electron chi connectivity index (χ2n) is 8.50. The van der Waals surface area contributed by atoms with Gasteiger partial charge in [0.05, 0.1) is 11.8 Å². The molecule has 4 heteroatoms. The first-order valence-corrected chi connectivity index (χ1v) is 11.8. The Hall–Kier alpha value is -3.92. The smallest absolute Gasteiger partial charge is 0.231 e. The van der Waals surface area contributed by atoms with Gasteiger partial charge >= 0.3 is 0 Å². The Kier molecular flexibility index (Phi) is 7.38. The van der Waals surface area contributed by atoms with E-state index >= 15 is 0 Å². The van der Waals surface area contributed by atoms with Crippen LogP contribution in [-0.4, -0.2) is 11.8 Å². The number of benzene rings is 4. The first-order chi connectivity index (χ1) is 16.6. The van der Waals surface area contributed by atoms with Crippen molar-refractivity contribution in [2.24, 2.45) is 0 Å². The van der Waals surface area contributed by atoms with Crippen molar-refractivity contribution in [3.8, 4) is 0 Å². The largest absolute Gasteiger partial charge is 0.326 e. The Labute approximate surface area is 201 Å². The summed E-state index contributed by atoms with van der Waals surface area (Å²) in [5.74, 6) is -0.449. The molecule has 2 unspecified atom stereocenters. The molecule has 4 aromatic rings. The highest BCUT2D eigenvalue weighted by molar-refractivity contribution is 6.00. The van der Waals surface area contributed by atoms with Crippen LogP contribution in [0.5, 0.6) is 0 Å². The first-order valence-electron chi connectivity index (χ1n) is 11.8. The van der Waals surface area contributed by atoms with Crippen LogP contribution in [0.3, 0.4) is 0 Å². The number of fused-ring (bicyclic) bond motifs is 1. The number of nitrogens with one attached hydrogen (secondary N) is 2. The Morgan fingerprint density at radius 3 is 1.38 bits per heavy atom. The lowest BCUT2D eigenvalue weighted by Gasteiger charge is -2.17. The number of amides is 2. The molecule has 0 saturated heterocycles. The summed E-state index contributed by atoms with van der Waals surface area (Å²) < 4.78 is 0. The molecule has 0 spiro atoms. The van der Waals surface area contributed by atoms with Crippen LogP contribution in [0, 0.1) is 0 Å². The van der Waals surface area contributed by atoms with Crippen molar-refractivity contribution in [2.75, 3.05) is 10.6 Å². The van der Waals surface area contributed by atoms with Gasteiger partial charge in [0.15, 0.2) is 0 Å². The predicted octanol–water partition coefficient (Wildman–Crippen LogP) is 7.10. The predicted molar refractivity (Wildman–Crippen MR) is 140 cm³/mol. The van der Waals surface area contributed by atoms with Crippen molar-refractivity contribution in [1.29, 1.82) is 0 Å². The van der Waals surface area contributed by atoms with Gasteiger partial charge in [-0.15, -0.1) is 0 Å². The average molecular weight is 451 g/mol. The molecule has 0 aliphatic rings. The molecule has 4 rings (SSSR count). The molecular weight excluding hydrogens is 420 g/mol. The number of carbonyl (C=O) groups excluding carboxylic acids is 2. The normalized spacial score (nSPS) is 12.6. The van der Waals surface area contributed by atoms with Crippen LogP contribution in [0.25, 0.3) is 10.8 Å². The third kappa shape index (κ3) is 5.34. The number of carbonyl (C=O) groups is 2. The van der Waals surface area contributed by atoms with E-state index in [0.717, 1.165) is 46.1 Å². The molecule has 2 amide bonds. The zero-order valence-corrected chi connectivity index (χ0v) is 19.6. The van der Waals surface area contributed by atoms with E-state index in [1.807, 2.05) is 111 Å². The number of hydrogen-bond acceptors (Lipinski definition) is 2. The highest BCUT2D eigenvalue weighted by Crippen LogP contribution is 2.27. The fourth-order valence-corrected chi connectivity index (χ4v) is 4.38. The molecule has 0 aliphatic heterocycles. The van der Waals surface area contributed by atoms with E-state index in [9.17, 15) is 9.59 Å². The van der Waals surface area contributed by atoms with Crippen LogP contribution in [0.4, 0.5) is 11.4 Å². The SMILES string of the molecule is CCC(C(=O)Nc1ccc2ccc(NC(=O)C(CC)c3ccccc3)cc2c1)c1ccccc1. The maximum absolute atomic E-state index is 13.0. The van der Waals surface area contributed by atoms with Crippen LogP contribution in [0.2, 0.25) is 0 Å². The van der Waals surface area contributed by atoms with Gasteiger partial charge in [-0.2, -0.15) is 0 Å². The standard InChI is InChI=1S/C30H30N2O2/c1-3-27(22-11-7-5-8-12-22)29(33)31-25-17-15-21-16-18-26(20-24(21)19-25)32-30(34)28(4-2)23-13-9-6-10-14-23/h5-20,27-28H,3-4H2,1-2H3,(H,31,33)(H,32,34). The van der Waals surface area contributed by atoms with Crippen LogP contribution in [0.1, 0.15) is 49.7 Å². The lowest BCUT2D eigenvalue weighted by atomic mass is 9.95. The summed E-state index contributed by atoms with van der Waals surface area (Å²) >= 11 is 0. The van der Waals surface area contributed by atoms with E-state index in [1.54, 1.807) is 0 Å². The molecule has 0 bridgehead atoms. The Balaban J connectivity index is 1.51. The molecule has 4 nitrogen and oxygen atoms in total. The maximum atomic E-state index is 13.0. The lowest BCUT2D eigenvalue weighted by Crippen LogP contribution is -2.21. The minimum Gasteiger partial charge on any atom is -0.326 e. The summed E-state index contributed by atoms with van der Waals surface area (Å²) in [6.45, 7) is 4.04. The quantitative estimate of drug-likeness (QED) is 0.301. The number of rotatable bonds is 8. The molecule has 2 N–H and O–H groups in total. The first kappa shape index (κ1) is 23.2. The Bertz CT molecular complexity index is 1170. The van der Waals surface area contributed by atoms with Gasteiger partial charge in [-0.1, -0.05) is 86.6 Å². The monoisotopic (exact) mass is 450 g/mol. The minimum absolute atomic E-state index is 0.0221. The average Bonchev–Trinajstić information content (AvgIpc) is 2.86. The lowest BCUT2D eigenvalue weighted by molar-refractivity contribution is -0.118. The highest BCUT2D eigenvalue weighted by Gasteiger charge is 2.20. The van der Waals surface area contributed by atoms with Gasteiger partial charge in [0.25, 0.3) is 0 Å². The maximum Gasteiger partial charge on any atom is 0.231 e. The topological polar surface area (TPSA) is 58.2 Å². The molecule has 34 heavy (non-hydrogen) atoms. The molecule has 172 valence electrons. The van der Waals surface area contributed by atoms with Crippen LogP contribution < -0.4 is 10.6 Å². The third-order valence-electron chi connectivity index (χ3n) is 6.23. The van der Waals surface area contributed by atoms with Crippen molar-refractivity contribution < 1.29 is 9.59 Å². The zero-order valence-electron chi connectivity index (χ0n) is 19.6. The summed E-state index contributed by atoms with van der Waals surface area (Å²) in [4.78, 5) is 25.9. The highest BCUT2D eigenvalue weighted by atomic mass is 16.2. The van der Waals surface area contributed by atoms with Gasteiger partial charge in [0, 0.05) is 11.4 Å². The fourth-order valence-electron chi connectivity index (χ4n) is 4.38. The second kappa shape index (κ2) is 10.8. The van der Waals surface area contributed by atoms with E-state index in [0.29, 0.717) is 0 Å². The Morgan fingerprint density at radius 2 is 1.00 bits per heavy atom. The van der Waals surface area contributed by atoms with Gasteiger partial charge in [0.2, 0.25) is 11.8 Å². The zero-order chi connectivity index (χ0) is 23.9. The van der Waals surface area contributed by atoms with Gasteiger partial charge in [0.1, 0.15) is 0 Å². The molecule has 0 radical (unpaired) electrons. The summed E-state index contributed by atoms with van der Waals surface area (Å²) in [6, 6.07) is 31.4. The molecule has 0 saturated carbocycles. The fraction of sp³-hybridized carbons (Fsp3) is 0.200. The van der Waals surface area contributed by atoms with E-state index in [1.165, 1.54) is 0 Å². The van der Waals surface area contributed by atoms with Crippen molar-refractivity contribution in [3.63, 3.8) is 0 Å².